The predicted molar refractivity (Wildman–Crippen MR) is 91.9 cm³/mol. The summed E-state index contributed by atoms with van der Waals surface area (Å²) in [6.07, 6.45) is 4.53. The minimum absolute atomic E-state index is 0.0256. The second-order valence-corrected chi connectivity index (χ2v) is 8.09. The minimum atomic E-state index is -0.135. The van der Waals surface area contributed by atoms with Gasteiger partial charge in [0.1, 0.15) is 0 Å². The van der Waals surface area contributed by atoms with Crippen LogP contribution in [0.2, 0.25) is 0 Å². The average molecular weight is 323 g/mol. The van der Waals surface area contributed by atoms with Crippen molar-refractivity contribution in [2.45, 2.75) is 58.5 Å². The first-order valence-electron chi connectivity index (χ1n) is 8.92. The monoisotopic (exact) mass is 323 g/mol. The molecule has 2 saturated carbocycles. The largest absolute Gasteiger partial charge is 0.353 e. The van der Waals surface area contributed by atoms with Crippen molar-refractivity contribution in [2.24, 2.45) is 17.3 Å². The van der Waals surface area contributed by atoms with Gasteiger partial charge in [0.05, 0.1) is 11.5 Å². The lowest BCUT2D eigenvalue weighted by molar-refractivity contribution is -0.139. The average Bonchev–Trinajstić information content (AvgIpc) is 3.33. The Morgan fingerprint density at radius 3 is 2.09 bits per heavy atom. The standard InChI is InChI=1S/C18H33N3O2/c1-12(2)15(20(4)5)16(22)19-11-13(3)21(6)17(23)18(9-10-18)14-7-8-14/h12-15H,7-11H2,1-6H3,(H,19,22)/t13?,15-/m1/s1. The Balaban J connectivity index is 1.85. The molecular weight excluding hydrogens is 290 g/mol. The van der Waals surface area contributed by atoms with Crippen LogP contribution < -0.4 is 5.32 Å². The summed E-state index contributed by atoms with van der Waals surface area (Å²) in [5.41, 5.74) is -0.0445. The first-order valence-corrected chi connectivity index (χ1v) is 8.92. The Morgan fingerprint density at radius 1 is 1.13 bits per heavy atom. The van der Waals surface area contributed by atoms with Crippen LogP contribution in [0.1, 0.15) is 46.5 Å². The summed E-state index contributed by atoms with van der Waals surface area (Å²) < 4.78 is 0. The van der Waals surface area contributed by atoms with E-state index in [2.05, 4.69) is 19.2 Å². The van der Waals surface area contributed by atoms with E-state index in [-0.39, 0.29) is 35.2 Å². The van der Waals surface area contributed by atoms with Crippen LogP contribution in [-0.2, 0) is 9.59 Å². The molecule has 2 fully saturated rings. The van der Waals surface area contributed by atoms with Gasteiger partial charge in [0.25, 0.3) is 0 Å². The minimum Gasteiger partial charge on any atom is -0.353 e. The third-order valence-electron chi connectivity index (χ3n) is 5.58. The van der Waals surface area contributed by atoms with Gasteiger partial charge in [0.2, 0.25) is 11.8 Å². The first kappa shape index (κ1) is 18.2. The normalized spacial score (nSPS) is 21.9. The number of hydrogen-bond acceptors (Lipinski definition) is 3. The summed E-state index contributed by atoms with van der Waals surface area (Å²) >= 11 is 0. The second kappa shape index (κ2) is 6.80. The van der Waals surface area contributed by atoms with Gasteiger partial charge in [-0.25, -0.2) is 0 Å². The van der Waals surface area contributed by atoms with Gasteiger partial charge in [0, 0.05) is 19.6 Å². The second-order valence-electron chi connectivity index (χ2n) is 8.09. The van der Waals surface area contributed by atoms with Crippen LogP contribution in [0.15, 0.2) is 0 Å². The van der Waals surface area contributed by atoms with Crippen molar-refractivity contribution in [2.75, 3.05) is 27.7 Å². The van der Waals surface area contributed by atoms with E-state index in [0.717, 1.165) is 12.8 Å². The molecule has 1 unspecified atom stereocenters. The number of hydrogen-bond donors (Lipinski definition) is 1. The van der Waals surface area contributed by atoms with Gasteiger partial charge in [-0.2, -0.15) is 0 Å². The number of likely N-dealkylation sites (N-methyl/N-ethyl adjacent to an activating group) is 2. The smallest absolute Gasteiger partial charge is 0.237 e. The molecule has 0 saturated heterocycles. The number of rotatable bonds is 8. The summed E-state index contributed by atoms with van der Waals surface area (Å²) in [5, 5.41) is 3.02. The molecule has 2 atom stereocenters. The van der Waals surface area contributed by atoms with Crippen LogP contribution in [0.25, 0.3) is 0 Å². The maximum atomic E-state index is 12.8. The van der Waals surface area contributed by atoms with Crippen LogP contribution in [-0.4, -0.2) is 61.4 Å². The van der Waals surface area contributed by atoms with E-state index < -0.39 is 0 Å². The van der Waals surface area contributed by atoms with Gasteiger partial charge in [-0.3, -0.25) is 14.5 Å². The number of nitrogens with one attached hydrogen (secondary N) is 1. The summed E-state index contributed by atoms with van der Waals surface area (Å²) in [5.74, 6) is 1.21. The molecule has 0 aromatic rings. The molecule has 23 heavy (non-hydrogen) atoms. The molecule has 2 rings (SSSR count). The highest BCUT2D eigenvalue weighted by Gasteiger charge is 2.60. The Kier molecular flexibility index (Phi) is 5.39. The Hall–Kier alpha value is -1.10. The third-order valence-corrected chi connectivity index (χ3v) is 5.58. The summed E-state index contributed by atoms with van der Waals surface area (Å²) in [6, 6.07) is -0.109. The Labute approximate surface area is 140 Å². The zero-order chi connectivity index (χ0) is 17.4. The molecule has 0 spiro atoms. The summed E-state index contributed by atoms with van der Waals surface area (Å²) in [4.78, 5) is 28.9. The Morgan fingerprint density at radius 2 is 1.70 bits per heavy atom. The number of carbonyl (C=O) groups excluding carboxylic acids is 2. The van der Waals surface area contributed by atoms with Crippen molar-refractivity contribution >= 4 is 11.8 Å². The lowest BCUT2D eigenvalue weighted by Crippen LogP contribution is -2.51. The molecule has 0 aromatic carbocycles. The van der Waals surface area contributed by atoms with E-state index >= 15 is 0 Å². The van der Waals surface area contributed by atoms with Gasteiger partial charge in [-0.1, -0.05) is 13.8 Å². The number of amides is 2. The van der Waals surface area contributed by atoms with E-state index in [0.29, 0.717) is 12.5 Å². The molecule has 5 heteroatoms. The zero-order valence-corrected chi connectivity index (χ0v) is 15.6. The van der Waals surface area contributed by atoms with Crippen molar-refractivity contribution in [3.63, 3.8) is 0 Å². The fourth-order valence-corrected chi connectivity index (χ4v) is 3.74. The molecule has 5 nitrogen and oxygen atoms in total. The van der Waals surface area contributed by atoms with Crippen LogP contribution in [0.4, 0.5) is 0 Å². The lowest BCUT2D eigenvalue weighted by atomic mass is 9.98. The van der Waals surface area contributed by atoms with Gasteiger partial charge in [0.15, 0.2) is 0 Å². The third kappa shape index (κ3) is 3.87. The molecule has 0 radical (unpaired) electrons. The number of nitrogens with zero attached hydrogens (tertiary/aromatic N) is 2. The van der Waals surface area contributed by atoms with Crippen molar-refractivity contribution < 1.29 is 9.59 Å². The molecule has 0 heterocycles. The highest BCUT2D eigenvalue weighted by Crippen LogP contribution is 2.62. The van der Waals surface area contributed by atoms with Crippen LogP contribution in [0, 0.1) is 17.3 Å². The van der Waals surface area contributed by atoms with Crippen LogP contribution >= 0.6 is 0 Å². The molecule has 2 aliphatic carbocycles. The summed E-state index contributed by atoms with van der Waals surface area (Å²) in [7, 11) is 5.74. The van der Waals surface area contributed by atoms with Crippen molar-refractivity contribution in [3.8, 4) is 0 Å². The molecule has 0 aliphatic heterocycles. The molecule has 132 valence electrons. The van der Waals surface area contributed by atoms with E-state index in [4.69, 9.17) is 0 Å². The van der Waals surface area contributed by atoms with Crippen molar-refractivity contribution in [3.05, 3.63) is 0 Å². The first-order chi connectivity index (χ1) is 10.7. The quantitative estimate of drug-likeness (QED) is 0.740. The van der Waals surface area contributed by atoms with Gasteiger partial charge in [-0.05, 0) is 58.5 Å². The fourth-order valence-electron chi connectivity index (χ4n) is 3.74. The van der Waals surface area contributed by atoms with E-state index in [1.54, 1.807) is 0 Å². The van der Waals surface area contributed by atoms with Crippen LogP contribution in [0.3, 0.4) is 0 Å². The van der Waals surface area contributed by atoms with Crippen molar-refractivity contribution in [1.82, 2.24) is 15.1 Å². The molecule has 2 amide bonds. The SMILES string of the molecule is CC(C)[C@H](C(=O)NCC(C)N(C)C(=O)C1(C2CC2)CC1)N(C)C. The molecular formula is C18H33N3O2. The van der Waals surface area contributed by atoms with Gasteiger partial charge < -0.3 is 10.2 Å². The lowest BCUT2D eigenvalue weighted by Gasteiger charge is -2.31. The van der Waals surface area contributed by atoms with Crippen LogP contribution in [0.5, 0.6) is 0 Å². The molecule has 0 bridgehead atoms. The molecule has 0 aromatic heterocycles. The van der Waals surface area contributed by atoms with E-state index in [1.807, 2.05) is 37.9 Å². The molecule has 1 N–H and O–H groups in total. The number of carbonyl (C=O) groups is 2. The fraction of sp³-hybridized carbons (Fsp3) is 0.889. The highest BCUT2D eigenvalue weighted by atomic mass is 16.2. The molecule has 2 aliphatic rings. The predicted octanol–water partition coefficient (Wildman–Crippen LogP) is 1.73. The van der Waals surface area contributed by atoms with E-state index in [9.17, 15) is 9.59 Å². The Bertz CT molecular complexity index is 445. The van der Waals surface area contributed by atoms with Crippen molar-refractivity contribution in [1.29, 1.82) is 0 Å². The van der Waals surface area contributed by atoms with E-state index in [1.165, 1.54) is 12.8 Å². The van der Waals surface area contributed by atoms with Gasteiger partial charge in [-0.15, -0.1) is 0 Å². The summed E-state index contributed by atoms with van der Waals surface area (Å²) in [6.45, 7) is 6.63. The van der Waals surface area contributed by atoms with Gasteiger partial charge >= 0.3 is 0 Å². The maximum Gasteiger partial charge on any atom is 0.237 e. The zero-order valence-electron chi connectivity index (χ0n) is 15.6. The highest BCUT2D eigenvalue weighted by molar-refractivity contribution is 5.86. The maximum absolute atomic E-state index is 12.8. The topological polar surface area (TPSA) is 52.7 Å².